The number of fused-ring (bicyclic) bond motifs is 1. The number of benzene rings is 2. The number of aryl methyl sites for hydroxylation is 3. The van der Waals surface area contributed by atoms with Crippen molar-refractivity contribution >= 4 is 16.8 Å². The van der Waals surface area contributed by atoms with Gasteiger partial charge in [0.25, 0.3) is 11.5 Å². The predicted molar refractivity (Wildman–Crippen MR) is 132 cm³/mol. The minimum atomic E-state index is -0.706. The van der Waals surface area contributed by atoms with Gasteiger partial charge in [-0.25, -0.2) is 4.39 Å². The molecule has 6 nitrogen and oxygen atoms in total. The van der Waals surface area contributed by atoms with Crippen molar-refractivity contribution in [3.63, 3.8) is 0 Å². The highest BCUT2D eigenvalue weighted by Crippen LogP contribution is 2.34. The van der Waals surface area contributed by atoms with Crippen LogP contribution in [0, 0.1) is 26.6 Å². The number of aromatic nitrogens is 2. The van der Waals surface area contributed by atoms with Crippen molar-refractivity contribution < 1.29 is 14.3 Å². The number of aromatic hydroxyl groups is 1. The summed E-state index contributed by atoms with van der Waals surface area (Å²) in [5, 5.41) is 13.6. The molecule has 7 heteroatoms. The summed E-state index contributed by atoms with van der Waals surface area (Å²) in [6.45, 7) is 9.82. The van der Waals surface area contributed by atoms with Crippen molar-refractivity contribution in [1.29, 1.82) is 0 Å². The Morgan fingerprint density at radius 2 is 1.82 bits per heavy atom. The molecule has 1 amide bonds. The lowest BCUT2D eigenvalue weighted by molar-refractivity contribution is 0.0952. The summed E-state index contributed by atoms with van der Waals surface area (Å²) in [4.78, 5) is 28.6. The minimum Gasteiger partial charge on any atom is -0.505 e. The fourth-order valence-electron chi connectivity index (χ4n) is 4.42. The van der Waals surface area contributed by atoms with E-state index in [2.05, 4.69) is 28.7 Å². The monoisotopic (exact) mass is 461 g/mol. The van der Waals surface area contributed by atoms with Gasteiger partial charge in [0, 0.05) is 46.5 Å². The summed E-state index contributed by atoms with van der Waals surface area (Å²) in [6.07, 6.45) is 2.01. The molecule has 0 atom stereocenters. The maximum absolute atomic E-state index is 13.7. The average Bonchev–Trinajstić information content (AvgIpc) is 3.11. The van der Waals surface area contributed by atoms with Crippen molar-refractivity contribution in [2.45, 2.75) is 47.2 Å². The summed E-state index contributed by atoms with van der Waals surface area (Å²) in [5.74, 6) is -1.47. The topological polar surface area (TPSA) is 87.1 Å². The molecule has 4 aromatic rings. The summed E-state index contributed by atoms with van der Waals surface area (Å²) < 4.78 is 15.7. The molecule has 0 aliphatic heterocycles. The molecule has 0 unspecified atom stereocenters. The normalized spacial score (nSPS) is 11.4. The van der Waals surface area contributed by atoms with Gasteiger partial charge >= 0.3 is 0 Å². The molecule has 2 aromatic heterocycles. The number of aromatic amines is 1. The van der Waals surface area contributed by atoms with Gasteiger partial charge in [0.2, 0.25) is 0 Å². The zero-order valence-electron chi connectivity index (χ0n) is 19.9. The lowest BCUT2D eigenvalue weighted by Gasteiger charge is -2.14. The Hall–Kier alpha value is -3.87. The third-order valence-corrected chi connectivity index (χ3v) is 6.12. The first-order chi connectivity index (χ1) is 16.1. The smallest absolute Gasteiger partial charge is 0.253 e. The summed E-state index contributed by atoms with van der Waals surface area (Å²) in [7, 11) is 0. The molecular weight excluding hydrogens is 433 g/mol. The minimum absolute atomic E-state index is 0.0905. The molecule has 0 aliphatic carbocycles. The lowest BCUT2D eigenvalue weighted by atomic mass is 9.97. The molecule has 34 heavy (non-hydrogen) atoms. The number of carbonyl (C=O) groups is 1. The number of halogens is 1. The van der Waals surface area contributed by atoms with E-state index in [1.54, 1.807) is 12.1 Å². The van der Waals surface area contributed by atoms with E-state index in [0.717, 1.165) is 27.7 Å². The Morgan fingerprint density at radius 1 is 1.09 bits per heavy atom. The molecule has 176 valence electrons. The van der Waals surface area contributed by atoms with Gasteiger partial charge in [-0.3, -0.25) is 9.59 Å². The van der Waals surface area contributed by atoms with Gasteiger partial charge in [-0.2, -0.15) is 0 Å². The molecular formula is C27H28FN3O3. The fraction of sp³-hybridized carbons (Fsp3) is 0.259. The molecule has 0 saturated carbocycles. The van der Waals surface area contributed by atoms with Crippen molar-refractivity contribution in [2.24, 2.45) is 0 Å². The number of pyridine rings is 1. The first-order valence-electron chi connectivity index (χ1n) is 11.2. The maximum Gasteiger partial charge on any atom is 0.253 e. The van der Waals surface area contributed by atoms with E-state index < -0.39 is 11.6 Å². The van der Waals surface area contributed by atoms with Gasteiger partial charge in [0.15, 0.2) is 11.6 Å². The van der Waals surface area contributed by atoms with Crippen molar-refractivity contribution in [3.8, 4) is 16.9 Å². The molecule has 0 spiro atoms. The lowest BCUT2D eigenvalue weighted by Crippen LogP contribution is -2.28. The molecule has 0 bridgehead atoms. The van der Waals surface area contributed by atoms with Crippen LogP contribution >= 0.6 is 0 Å². The van der Waals surface area contributed by atoms with Crippen LogP contribution in [0.4, 0.5) is 4.39 Å². The SMILES string of the molecule is Cc1cc(C)c(CNC(=O)c2cc(-c3ccc(F)c(O)c3)cc3c2c(C)cn3C(C)C)c(=O)[nH]1. The second kappa shape index (κ2) is 8.82. The zero-order chi connectivity index (χ0) is 24.7. The predicted octanol–water partition coefficient (Wildman–Crippen LogP) is 5.28. The molecule has 0 aliphatic rings. The number of amides is 1. The Kier molecular flexibility index (Phi) is 6.04. The van der Waals surface area contributed by atoms with Crippen molar-refractivity contribution in [3.05, 3.63) is 86.7 Å². The van der Waals surface area contributed by atoms with Crippen LogP contribution in [0.15, 0.2) is 47.4 Å². The van der Waals surface area contributed by atoms with Crippen LogP contribution in [0.25, 0.3) is 22.0 Å². The third-order valence-electron chi connectivity index (χ3n) is 6.12. The number of nitrogens with one attached hydrogen (secondary N) is 2. The van der Waals surface area contributed by atoms with Crippen LogP contribution in [0.5, 0.6) is 5.75 Å². The first-order valence-corrected chi connectivity index (χ1v) is 11.2. The number of hydrogen-bond donors (Lipinski definition) is 3. The molecule has 2 heterocycles. The molecule has 0 radical (unpaired) electrons. The molecule has 2 aromatic carbocycles. The highest BCUT2D eigenvalue weighted by atomic mass is 19.1. The Balaban J connectivity index is 1.82. The highest BCUT2D eigenvalue weighted by molar-refractivity contribution is 6.09. The van der Waals surface area contributed by atoms with E-state index in [1.165, 1.54) is 12.1 Å². The second-order valence-corrected chi connectivity index (χ2v) is 9.02. The van der Waals surface area contributed by atoms with Crippen LogP contribution in [-0.4, -0.2) is 20.6 Å². The van der Waals surface area contributed by atoms with Crippen LogP contribution in [0.1, 0.15) is 52.6 Å². The van der Waals surface area contributed by atoms with E-state index in [0.29, 0.717) is 22.3 Å². The van der Waals surface area contributed by atoms with Gasteiger partial charge in [0.05, 0.1) is 0 Å². The van der Waals surface area contributed by atoms with Gasteiger partial charge in [-0.05, 0) is 87.2 Å². The number of carbonyl (C=O) groups excluding carboxylic acids is 1. The molecule has 3 N–H and O–H groups in total. The van der Waals surface area contributed by atoms with E-state index in [9.17, 15) is 19.1 Å². The maximum atomic E-state index is 13.7. The van der Waals surface area contributed by atoms with Gasteiger partial charge < -0.3 is 20.0 Å². The standard InChI is InChI=1S/C27H28FN3O3/c1-14(2)31-13-16(4)25-20(26(33)29-12-21-15(3)8-17(5)30-27(21)34)9-19(10-23(25)31)18-6-7-22(28)24(32)11-18/h6-11,13-14,32H,12H2,1-5H3,(H,29,33)(H,30,34). The zero-order valence-corrected chi connectivity index (χ0v) is 19.9. The average molecular weight is 462 g/mol. The van der Waals surface area contributed by atoms with Crippen LogP contribution in [0.3, 0.4) is 0 Å². The van der Waals surface area contributed by atoms with Crippen LogP contribution < -0.4 is 10.9 Å². The Labute approximate surface area is 197 Å². The van der Waals surface area contributed by atoms with Gasteiger partial charge in [0.1, 0.15) is 0 Å². The third kappa shape index (κ3) is 4.21. The number of rotatable bonds is 5. The van der Waals surface area contributed by atoms with E-state index in [4.69, 9.17) is 0 Å². The first kappa shape index (κ1) is 23.3. The van der Waals surface area contributed by atoms with Crippen molar-refractivity contribution in [1.82, 2.24) is 14.9 Å². The number of nitrogens with zero attached hydrogens (tertiary/aromatic N) is 1. The van der Waals surface area contributed by atoms with Crippen LogP contribution in [-0.2, 0) is 6.54 Å². The largest absolute Gasteiger partial charge is 0.505 e. The number of H-pyrrole nitrogens is 1. The number of hydrogen-bond acceptors (Lipinski definition) is 3. The van der Waals surface area contributed by atoms with E-state index in [1.807, 2.05) is 39.1 Å². The quantitative estimate of drug-likeness (QED) is 0.378. The summed E-state index contributed by atoms with van der Waals surface area (Å²) in [5.41, 5.74) is 5.40. The van der Waals surface area contributed by atoms with E-state index in [-0.39, 0.29) is 24.1 Å². The summed E-state index contributed by atoms with van der Waals surface area (Å²) in [6, 6.07) is 9.84. The number of phenols is 1. The Bertz CT molecular complexity index is 1480. The summed E-state index contributed by atoms with van der Waals surface area (Å²) >= 11 is 0. The molecule has 4 rings (SSSR count). The van der Waals surface area contributed by atoms with Gasteiger partial charge in [-0.1, -0.05) is 6.07 Å². The van der Waals surface area contributed by atoms with E-state index >= 15 is 0 Å². The van der Waals surface area contributed by atoms with Crippen LogP contribution in [0.2, 0.25) is 0 Å². The molecule has 0 fully saturated rings. The second-order valence-electron chi connectivity index (χ2n) is 9.02. The Morgan fingerprint density at radius 3 is 2.47 bits per heavy atom. The van der Waals surface area contributed by atoms with Crippen molar-refractivity contribution in [2.75, 3.05) is 0 Å². The molecule has 0 saturated heterocycles. The number of phenolic OH excluding ortho intramolecular Hbond substituents is 1. The fourth-order valence-corrected chi connectivity index (χ4v) is 4.42. The highest BCUT2D eigenvalue weighted by Gasteiger charge is 2.20. The van der Waals surface area contributed by atoms with Gasteiger partial charge in [-0.15, -0.1) is 0 Å².